The molecular formula is C12H15IN2O3. The second-order valence-corrected chi connectivity index (χ2v) is 5.45. The average Bonchev–Trinajstić information content (AvgIpc) is 2.37. The van der Waals surface area contributed by atoms with Gasteiger partial charge in [-0.1, -0.05) is 0 Å². The van der Waals surface area contributed by atoms with Gasteiger partial charge in [-0.25, -0.2) is 10.9 Å². The lowest BCUT2D eigenvalue weighted by Crippen LogP contribution is -2.52. The lowest BCUT2D eigenvalue weighted by molar-refractivity contribution is -0.148. The molecular weight excluding hydrogens is 347 g/mol. The minimum atomic E-state index is -1.13. The van der Waals surface area contributed by atoms with Crippen LogP contribution >= 0.6 is 22.6 Å². The third kappa shape index (κ3) is 3.27. The van der Waals surface area contributed by atoms with Crippen molar-refractivity contribution in [3.05, 3.63) is 33.4 Å². The number of benzene rings is 1. The quantitative estimate of drug-likeness (QED) is 0.383. The normalized spacial score (nSPS) is 11.2. The van der Waals surface area contributed by atoms with Crippen LogP contribution in [0.4, 0.5) is 0 Å². The summed E-state index contributed by atoms with van der Waals surface area (Å²) in [6.07, 6.45) is 0. The number of hydrogen-bond acceptors (Lipinski definition) is 4. The summed E-state index contributed by atoms with van der Waals surface area (Å²) >= 11 is 2.13. The number of nitrogens with two attached hydrogens (primary N) is 1. The number of amides is 2. The number of methoxy groups -OCH3 is 1. The molecule has 1 rings (SSSR count). The maximum atomic E-state index is 12.0. The Morgan fingerprint density at radius 3 is 2.22 bits per heavy atom. The molecule has 1 aromatic carbocycles. The maximum Gasteiger partial charge on any atom is 0.275 e. The highest BCUT2D eigenvalue weighted by atomic mass is 127. The van der Waals surface area contributed by atoms with Gasteiger partial charge in [0.2, 0.25) is 0 Å². The van der Waals surface area contributed by atoms with E-state index in [-0.39, 0.29) is 0 Å². The van der Waals surface area contributed by atoms with Crippen molar-refractivity contribution in [3.8, 4) is 0 Å². The SMILES string of the molecule is COC(C)(C)C(=O)N(N)C(=O)c1ccc(I)cc1. The Morgan fingerprint density at radius 1 is 1.28 bits per heavy atom. The van der Waals surface area contributed by atoms with Crippen LogP contribution in [0, 0.1) is 3.57 Å². The highest BCUT2D eigenvalue weighted by molar-refractivity contribution is 14.1. The predicted octanol–water partition coefficient (Wildman–Crippen LogP) is 1.56. The first-order valence-electron chi connectivity index (χ1n) is 5.24. The minimum absolute atomic E-state index is 0.359. The summed E-state index contributed by atoms with van der Waals surface area (Å²) in [6.45, 7) is 3.10. The van der Waals surface area contributed by atoms with E-state index >= 15 is 0 Å². The summed E-state index contributed by atoms with van der Waals surface area (Å²) < 4.78 is 6.00. The van der Waals surface area contributed by atoms with E-state index in [0.29, 0.717) is 10.6 Å². The Morgan fingerprint density at radius 2 is 1.78 bits per heavy atom. The van der Waals surface area contributed by atoms with Crippen LogP contribution in [0.3, 0.4) is 0 Å². The number of hydrazine groups is 1. The van der Waals surface area contributed by atoms with Gasteiger partial charge in [0.1, 0.15) is 5.60 Å². The molecule has 0 heterocycles. The second kappa shape index (κ2) is 5.77. The number of ether oxygens (including phenoxy) is 1. The molecule has 0 spiro atoms. The van der Waals surface area contributed by atoms with Gasteiger partial charge < -0.3 is 4.74 Å². The van der Waals surface area contributed by atoms with Gasteiger partial charge in [0.25, 0.3) is 11.8 Å². The Balaban J connectivity index is 2.91. The first-order valence-corrected chi connectivity index (χ1v) is 6.32. The number of carbonyl (C=O) groups excluding carboxylic acids is 2. The molecule has 0 radical (unpaired) electrons. The number of halogens is 1. The van der Waals surface area contributed by atoms with E-state index in [1.54, 1.807) is 38.1 Å². The van der Waals surface area contributed by atoms with Crippen LogP contribution in [0.1, 0.15) is 24.2 Å². The van der Waals surface area contributed by atoms with Gasteiger partial charge in [0.05, 0.1) is 0 Å². The van der Waals surface area contributed by atoms with Crippen LogP contribution < -0.4 is 5.84 Å². The fraction of sp³-hybridized carbons (Fsp3) is 0.333. The topological polar surface area (TPSA) is 72.6 Å². The third-order valence-electron chi connectivity index (χ3n) is 2.55. The number of hydrogen-bond donors (Lipinski definition) is 1. The monoisotopic (exact) mass is 362 g/mol. The second-order valence-electron chi connectivity index (χ2n) is 4.20. The zero-order chi connectivity index (χ0) is 13.9. The number of carbonyl (C=O) groups is 2. The van der Waals surface area contributed by atoms with Crippen LogP contribution in [0.15, 0.2) is 24.3 Å². The first kappa shape index (κ1) is 15.1. The Hall–Kier alpha value is -0.990. The molecule has 98 valence electrons. The number of nitrogens with zero attached hydrogens (tertiary/aromatic N) is 1. The molecule has 0 fully saturated rings. The molecule has 0 aliphatic carbocycles. The lowest BCUT2D eigenvalue weighted by atomic mass is 10.1. The molecule has 0 atom stereocenters. The smallest absolute Gasteiger partial charge is 0.275 e. The van der Waals surface area contributed by atoms with Crippen molar-refractivity contribution < 1.29 is 14.3 Å². The van der Waals surface area contributed by atoms with Crippen molar-refractivity contribution in [2.75, 3.05) is 7.11 Å². The summed E-state index contributed by atoms with van der Waals surface area (Å²) in [6, 6.07) is 6.79. The van der Waals surface area contributed by atoms with E-state index in [9.17, 15) is 9.59 Å². The van der Waals surface area contributed by atoms with Gasteiger partial charge in [-0.3, -0.25) is 9.59 Å². The Bertz CT molecular complexity index is 457. The van der Waals surface area contributed by atoms with Gasteiger partial charge in [-0.15, -0.1) is 0 Å². The maximum absolute atomic E-state index is 12.0. The van der Waals surface area contributed by atoms with Crippen molar-refractivity contribution in [1.82, 2.24) is 5.01 Å². The van der Waals surface area contributed by atoms with Crippen LogP contribution in [0.2, 0.25) is 0 Å². The predicted molar refractivity (Wildman–Crippen MR) is 75.6 cm³/mol. The zero-order valence-electron chi connectivity index (χ0n) is 10.4. The highest BCUT2D eigenvalue weighted by Gasteiger charge is 2.34. The Labute approximate surface area is 119 Å². The van der Waals surface area contributed by atoms with Crippen molar-refractivity contribution in [3.63, 3.8) is 0 Å². The summed E-state index contributed by atoms with van der Waals surface area (Å²) in [7, 11) is 1.39. The molecule has 18 heavy (non-hydrogen) atoms. The standard InChI is InChI=1S/C12H15IN2O3/c1-12(2,18-3)11(17)15(14)10(16)8-4-6-9(13)7-5-8/h4-7H,14H2,1-3H3. The number of imide groups is 1. The molecule has 5 nitrogen and oxygen atoms in total. The van der Waals surface area contributed by atoms with Crippen LogP contribution in [-0.2, 0) is 9.53 Å². The van der Waals surface area contributed by atoms with Gasteiger partial charge >= 0.3 is 0 Å². The molecule has 1 aromatic rings. The van der Waals surface area contributed by atoms with E-state index in [1.165, 1.54) is 7.11 Å². The van der Waals surface area contributed by atoms with Crippen molar-refractivity contribution in [1.29, 1.82) is 0 Å². The number of rotatable bonds is 3. The summed E-state index contributed by atoms with van der Waals surface area (Å²) in [5.41, 5.74) is -0.772. The molecule has 0 bridgehead atoms. The fourth-order valence-corrected chi connectivity index (χ4v) is 1.56. The molecule has 2 N–H and O–H groups in total. The van der Waals surface area contributed by atoms with Gasteiger partial charge in [-0.05, 0) is 60.7 Å². The average molecular weight is 362 g/mol. The molecule has 0 aliphatic rings. The van der Waals surface area contributed by atoms with E-state index < -0.39 is 17.4 Å². The van der Waals surface area contributed by atoms with E-state index in [1.807, 2.05) is 0 Å². The molecule has 0 saturated carbocycles. The lowest BCUT2D eigenvalue weighted by Gasteiger charge is -2.26. The van der Waals surface area contributed by atoms with Crippen molar-refractivity contribution in [2.45, 2.75) is 19.4 Å². The summed E-state index contributed by atoms with van der Waals surface area (Å²) in [5, 5.41) is 0.589. The van der Waals surface area contributed by atoms with E-state index in [0.717, 1.165) is 3.57 Å². The van der Waals surface area contributed by atoms with Crippen LogP contribution in [-0.4, -0.2) is 29.5 Å². The van der Waals surface area contributed by atoms with E-state index in [4.69, 9.17) is 10.6 Å². The Kier molecular flexibility index (Phi) is 4.83. The third-order valence-corrected chi connectivity index (χ3v) is 3.27. The summed E-state index contributed by atoms with van der Waals surface area (Å²) in [5.74, 6) is 4.40. The van der Waals surface area contributed by atoms with Crippen LogP contribution in [0.25, 0.3) is 0 Å². The molecule has 0 aliphatic heterocycles. The van der Waals surface area contributed by atoms with Crippen molar-refractivity contribution >= 4 is 34.4 Å². The highest BCUT2D eigenvalue weighted by Crippen LogP contribution is 2.13. The zero-order valence-corrected chi connectivity index (χ0v) is 12.6. The van der Waals surface area contributed by atoms with Gasteiger partial charge in [0, 0.05) is 16.2 Å². The first-order chi connectivity index (χ1) is 8.29. The van der Waals surface area contributed by atoms with Gasteiger partial charge in [-0.2, -0.15) is 0 Å². The summed E-state index contributed by atoms with van der Waals surface area (Å²) in [4.78, 5) is 23.9. The molecule has 2 amide bonds. The molecule has 0 aromatic heterocycles. The van der Waals surface area contributed by atoms with Crippen LogP contribution in [0.5, 0.6) is 0 Å². The minimum Gasteiger partial charge on any atom is -0.369 e. The van der Waals surface area contributed by atoms with Crippen molar-refractivity contribution in [2.24, 2.45) is 5.84 Å². The van der Waals surface area contributed by atoms with Gasteiger partial charge in [0.15, 0.2) is 0 Å². The molecule has 0 unspecified atom stereocenters. The fourth-order valence-electron chi connectivity index (χ4n) is 1.20. The van der Waals surface area contributed by atoms with E-state index in [2.05, 4.69) is 22.6 Å². The molecule has 6 heteroatoms. The largest absolute Gasteiger partial charge is 0.369 e. The molecule has 0 saturated heterocycles.